The second-order valence-corrected chi connectivity index (χ2v) is 7.71. The number of carbonyl (C=O) groups excluding carboxylic acids is 1. The number of carbonyl (C=O) groups is 1. The van der Waals surface area contributed by atoms with Crippen LogP contribution in [0.4, 0.5) is 0 Å². The number of hydrogen-bond donors (Lipinski definition) is 2. The van der Waals surface area contributed by atoms with Crippen LogP contribution in [-0.4, -0.2) is 17.6 Å². The highest BCUT2D eigenvalue weighted by Crippen LogP contribution is 2.24. The first-order valence-electron chi connectivity index (χ1n) is 7.06. The van der Waals surface area contributed by atoms with E-state index in [1.165, 1.54) is 21.1 Å². The summed E-state index contributed by atoms with van der Waals surface area (Å²) in [5.41, 5.74) is -0.991. The Kier molecular flexibility index (Phi) is 5.56. The highest BCUT2D eigenvalue weighted by Gasteiger charge is 2.24. The number of hydrogen-bond acceptors (Lipinski definition) is 4. The molecule has 0 aliphatic carbocycles. The lowest BCUT2D eigenvalue weighted by atomic mass is 10.1. The van der Waals surface area contributed by atoms with Gasteiger partial charge in [-0.25, -0.2) is 0 Å². The van der Waals surface area contributed by atoms with Gasteiger partial charge in [0.1, 0.15) is 5.60 Å². The lowest BCUT2D eigenvalue weighted by molar-refractivity contribution is -0.122. The summed E-state index contributed by atoms with van der Waals surface area (Å²) >= 11 is 3.28. The van der Waals surface area contributed by atoms with Crippen molar-refractivity contribution in [3.05, 3.63) is 44.3 Å². The molecule has 1 unspecified atom stereocenters. The zero-order valence-corrected chi connectivity index (χ0v) is 14.0. The second kappa shape index (κ2) is 7.20. The molecule has 2 heterocycles. The van der Waals surface area contributed by atoms with Crippen LogP contribution in [0.3, 0.4) is 0 Å². The first-order chi connectivity index (χ1) is 9.97. The quantitative estimate of drug-likeness (QED) is 0.820. The van der Waals surface area contributed by atoms with Crippen LogP contribution in [0.15, 0.2) is 29.6 Å². The van der Waals surface area contributed by atoms with Gasteiger partial charge in [0.25, 0.3) is 0 Å². The summed E-state index contributed by atoms with van der Waals surface area (Å²) in [6, 6.07) is 8.02. The van der Waals surface area contributed by atoms with E-state index in [-0.39, 0.29) is 12.5 Å². The van der Waals surface area contributed by atoms with E-state index >= 15 is 0 Å². The number of nitrogens with one attached hydrogen (secondary N) is 1. The van der Waals surface area contributed by atoms with Gasteiger partial charge < -0.3 is 10.4 Å². The highest BCUT2D eigenvalue weighted by atomic mass is 32.1. The molecule has 2 aromatic rings. The third kappa shape index (κ3) is 4.95. The van der Waals surface area contributed by atoms with E-state index in [9.17, 15) is 9.90 Å². The lowest BCUT2D eigenvalue weighted by Gasteiger charge is -2.22. The van der Waals surface area contributed by atoms with E-state index in [0.29, 0.717) is 6.42 Å². The molecule has 1 atom stereocenters. The molecule has 0 aliphatic rings. The van der Waals surface area contributed by atoms with Crippen LogP contribution < -0.4 is 5.32 Å². The molecular weight excluding hydrogens is 302 g/mol. The van der Waals surface area contributed by atoms with Crippen molar-refractivity contribution in [3.8, 4) is 0 Å². The molecule has 2 N–H and O–H groups in total. The Morgan fingerprint density at radius 3 is 2.81 bits per heavy atom. The topological polar surface area (TPSA) is 49.3 Å². The number of rotatable bonds is 7. The number of thiophene rings is 2. The van der Waals surface area contributed by atoms with Crippen molar-refractivity contribution in [2.75, 3.05) is 6.54 Å². The largest absolute Gasteiger partial charge is 0.383 e. The van der Waals surface area contributed by atoms with Crippen LogP contribution >= 0.6 is 22.7 Å². The molecule has 0 saturated heterocycles. The molecule has 114 valence electrons. The monoisotopic (exact) mass is 323 g/mol. The molecule has 0 saturated carbocycles. The molecule has 0 spiro atoms. The van der Waals surface area contributed by atoms with Crippen LogP contribution in [0.5, 0.6) is 0 Å². The van der Waals surface area contributed by atoms with Crippen molar-refractivity contribution in [1.82, 2.24) is 5.32 Å². The Labute approximate surface area is 133 Å². The number of aryl methyl sites for hydroxylation is 2. The first-order valence-corrected chi connectivity index (χ1v) is 8.75. The minimum absolute atomic E-state index is 0.000101. The van der Waals surface area contributed by atoms with Crippen molar-refractivity contribution in [2.45, 2.75) is 38.7 Å². The van der Waals surface area contributed by atoms with Gasteiger partial charge in [-0.3, -0.25) is 4.79 Å². The van der Waals surface area contributed by atoms with Gasteiger partial charge in [-0.15, -0.1) is 22.7 Å². The van der Waals surface area contributed by atoms with Gasteiger partial charge in [-0.2, -0.15) is 0 Å². The van der Waals surface area contributed by atoms with E-state index in [1.807, 2.05) is 17.5 Å². The molecule has 0 aromatic carbocycles. The highest BCUT2D eigenvalue weighted by molar-refractivity contribution is 7.11. The van der Waals surface area contributed by atoms with Crippen molar-refractivity contribution in [3.63, 3.8) is 0 Å². The van der Waals surface area contributed by atoms with Crippen molar-refractivity contribution >= 4 is 28.6 Å². The van der Waals surface area contributed by atoms with E-state index < -0.39 is 5.60 Å². The van der Waals surface area contributed by atoms with Gasteiger partial charge in [-0.05, 0) is 50.3 Å². The molecule has 2 rings (SSSR count). The molecule has 2 aromatic heterocycles. The second-order valence-electron chi connectivity index (χ2n) is 5.39. The fourth-order valence-electron chi connectivity index (χ4n) is 2.07. The molecule has 0 fully saturated rings. The van der Waals surface area contributed by atoms with E-state index in [2.05, 4.69) is 24.4 Å². The third-order valence-corrected chi connectivity index (χ3v) is 5.49. The molecule has 0 radical (unpaired) electrons. The van der Waals surface area contributed by atoms with Crippen molar-refractivity contribution in [1.29, 1.82) is 0 Å². The minimum atomic E-state index is -0.991. The maximum Gasteiger partial charge on any atom is 0.220 e. The molecular formula is C16H21NO2S2. The first kappa shape index (κ1) is 16.2. The normalized spacial score (nSPS) is 13.9. The van der Waals surface area contributed by atoms with Gasteiger partial charge in [0, 0.05) is 21.1 Å². The predicted molar refractivity (Wildman–Crippen MR) is 88.9 cm³/mol. The van der Waals surface area contributed by atoms with Gasteiger partial charge in [0.2, 0.25) is 5.91 Å². The van der Waals surface area contributed by atoms with Gasteiger partial charge >= 0.3 is 0 Å². The van der Waals surface area contributed by atoms with Crippen LogP contribution in [0.1, 0.15) is 34.4 Å². The molecule has 0 bridgehead atoms. The van der Waals surface area contributed by atoms with Crippen molar-refractivity contribution < 1.29 is 9.90 Å². The Morgan fingerprint density at radius 2 is 2.19 bits per heavy atom. The average molecular weight is 323 g/mol. The van der Waals surface area contributed by atoms with E-state index in [0.717, 1.165) is 17.7 Å². The Balaban J connectivity index is 1.70. The summed E-state index contributed by atoms with van der Waals surface area (Å²) in [5, 5.41) is 15.1. The lowest BCUT2D eigenvalue weighted by Crippen LogP contribution is -2.38. The van der Waals surface area contributed by atoms with Crippen LogP contribution in [0, 0.1) is 6.92 Å². The summed E-state index contributed by atoms with van der Waals surface area (Å²) in [7, 11) is 0. The van der Waals surface area contributed by atoms with Gasteiger partial charge in [0.05, 0.1) is 6.54 Å². The van der Waals surface area contributed by atoms with Crippen LogP contribution in [-0.2, 0) is 16.8 Å². The van der Waals surface area contributed by atoms with Gasteiger partial charge in [0.15, 0.2) is 0 Å². The third-order valence-electron chi connectivity index (χ3n) is 3.30. The number of amides is 1. The summed E-state index contributed by atoms with van der Waals surface area (Å²) in [6.07, 6.45) is 2.28. The summed E-state index contributed by atoms with van der Waals surface area (Å²) in [6.45, 7) is 4.07. The van der Waals surface area contributed by atoms with E-state index in [4.69, 9.17) is 0 Å². The van der Waals surface area contributed by atoms with Crippen LogP contribution in [0.25, 0.3) is 0 Å². The average Bonchev–Trinajstić information content (AvgIpc) is 3.08. The summed E-state index contributed by atoms with van der Waals surface area (Å²) < 4.78 is 0. The zero-order valence-electron chi connectivity index (χ0n) is 12.4. The smallest absolute Gasteiger partial charge is 0.220 e. The maximum atomic E-state index is 11.8. The standard InChI is InChI=1S/C16H21NO2S2/c1-12-8-9-13(21-12)5-3-7-15(18)17-11-16(2,19)14-6-4-10-20-14/h4,6,8-10,19H,3,5,7,11H2,1-2H3,(H,17,18). The molecule has 21 heavy (non-hydrogen) atoms. The summed E-state index contributed by atoms with van der Waals surface area (Å²) in [5.74, 6) is 0.000101. The molecule has 5 heteroatoms. The molecule has 3 nitrogen and oxygen atoms in total. The predicted octanol–water partition coefficient (Wildman–Crippen LogP) is 3.46. The molecule has 1 amide bonds. The fraction of sp³-hybridized carbons (Fsp3) is 0.438. The minimum Gasteiger partial charge on any atom is -0.383 e. The number of aliphatic hydroxyl groups is 1. The van der Waals surface area contributed by atoms with Crippen molar-refractivity contribution in [2.24, 2.45) is 0 Å². The zero-order chi connectivity index (χ0) is 15.3. The Bertz CT molecular complexity index is 573. The van der Waals surface area contributed by atoms with Gasteiger partial charge in [-0.1, -0.05) is 6.07 Å². The SMILES string of the molecule is Cc1ccc(CCCC(=O)NCC(C)(O)c2cccs2)s1. The Morgan fingerprint density at radius 1 is 1.38 bits per heavy atom. The fourth-order valence-corrected chi connectivity index (χ4v) is 3.79. The molecule has 0 aliphatic heterocycles. The van der Waals surface area contributed by atoms with Crippen LogP contribution in [0.2, 0.25) is 0 Å². The Hall–Kier alpha value is -1.17. The van der Waals surface area contributed by atoms with E-state index in [1.54, 1.807) is 18.3 Å². The maximum absolute atomic E-state index is 11.8. The summed E-state index contributed by atoms with van der Waals surface area (Å²) in [4.78, 5) is 15.3.